The number of pyridine rings is 2. The van der Waals surface area contributed by atoms with E-state index < -0.39 is 0 Å². The largest absolute Gasteiger partial charge is 0.507 e. The van der Waals surface area contributed by atoms with Gasteiger partial charge in [0.15, 0.2) is 5.65 Å². The topological polar surface area (TPSA) is 75.3 Å². The molecule has 2 N–H and O–H groups in total. The Kier molecular flexibility index (Phi) is 4.91. The minimum Gasteiger partial charge on any atom is -0.507 e. The van der Waals surface area contributed by atoms with E-state index in [1.807, 2.05) is 30.3 Å². The first-order valence-corrected chi connectivity index (χ1v) is 8.12. The number of aromatic hydroxyl groups is 1. The molecule has 3 aromatic rings. The molecule has 0 unspecified atom stereocenters. The fraction of sp³-hybridized carbons (Fsp3) is 0.263. The fourth-order valence-corrected chi connectivity index (χ4v) is 2.89. The quantitative estimate of drug-likeness (QED) is 0.684. The lowest BCUT2D eigenvalue weighted by Crippen LogP contribution is -2.23. The van der Waals surface area contributed by atoms with Crippen LogP contribution in [0.25, 0.3) is 16.7 Å². The van der Waals surface area contributed by atoms with Gasteiger partial charge in [-0.3, -0.25) is 9.36 Å². The molecule has 124 valence electrons. The number of hydrogen-bond acceptors (Lipinski definition) is 4. The van der Waals surface area contributed by atoms with Crippen molar-refractivity contribution in [2.45, 2.75) is 25.7 Å². The van der Waals surface area contributed by atoms with Gasteiger partial charge in [0.25, 0.3) is 5.56 Å². The zero-order chi connectivity index (χ0) is 16.9. The van der Waals surface area contributed by atoms with E-state index in [9.17, 15) is 9.90 Å². The van der Waals surface area contributed by atoms with E-state index in [-0.39, 0.29) is 17.9 Å². The number of para-hydroxylation sites is 1. The first-order chi connectivity index (χ1) is 11.7. The van der Waals surface area contributed by atoms with Gasteiger partial charge in [-0.25, -0.2) is 4.98 Å². The average Bonchev–Trinajstić information content (AvgIpc) is 2.62. The Bertz CT molecular complexity index is 888. The molecule has 1 aromatic carbocycles. The maximum absolute atomic E-state index is 13.0. The monoisotopic (exact) mass is 324 g/mol. The fourth-order valence-electron chi connectivity index (χ4n) is 2.89. The van der Waals surface area contributed by atoms with E-state index >= 15 is 0 Å². The van der Waals surface area contributed by atoms with Gasteiger partial charge in [-0.05, 0) is 43.5 Å². The molecule has 0 aliphatic carbocycles. The van der Waals surface area contributed by atoms with Gasteiger partial charge in [0.05, 0.1) is 16.6 Å². The van der Waals surface area contributed by atoms with Crippen molar-refractivity contribution < 1.29 is 10.2 Å². The molecular weight excluding hydrogens is 304 g/mol. The standard InChI is InChI=1S/C19H20N2O3/c22-13-6-2-5-10-16-17(23)15-11-7-12-20-18(15)21(19(16)24)14-8-3-1-4-9-14/h1,3-4,7-9,11-12,22-23H,2,5-6,10,13H2. The summed E-state index contributed by atoms with van der Waals surface area (Å²) >= 11 is 0. The van der Waals surface area contributed by atoms with Crippen LogP contribution in [0.4, 0.5) is 0 Å². The Morgan fingerprint density at radius 1 is 1.00 bits per heavy atom. The normalized spacial score (nSPS) is 11.0. The van der Waals surface area contributed by atoms with Crippen LogP contribution in [-0.2, 0) is 6.42 Å². The molecule has 24 heavy (non-hydrogen) atoms. The second-order valence-electron chi connectivity index (χ2n) is 5.71. The van der Waals surface area contributed by atoms with E-state index in [2.05, 4.69) is 4.98 Å². The predicted octanol–water partition coefficient (Wildman–Crippen LogP) is 2.80. The third kappa shape index (κ3) is 3.03. The number of aromatic nitrogens is 2. The summed E-state index contributed by atoms with van der Waals surface area (Å²) in [5.41, 5.74) is 1.33. The number of unbranched alkanes of at least 4 members (excludes halogenated alkanes) is 2. The molecule has 2 aromatic heterocycles. The highest BCUT2D eigenvalue weighted by molar-refractivity contribution is 5.84. The summed E-state index contributed by atoms with van der Waals surface area (Å²) in [6, 6.07) is 12.8. The van der Waals surface area contributed by atoms with Crippen LogP contribution in [0.5, 0.6) is 5.75 Å². The summed E-state index contributed by atoms with van der Waals surface area (Å²) < 4.78 is 1.55. The smallest absolute Gasteiger partial charge is 0.263 e. The SMILES string of the molecule is O=c1c(CCCCCO)c(O)c2cccnc2n1-c1ccccc1. The van der Waals surface area contributed by atoms with Gasteiger partial charge in [-0.1, -0.05) is 24.6 Å². The highest BCUT2D eigenvalue weighted by Gasteiger charge is 2.17. The van der Waals surface area contributed by atoms with E-state index in [1.54, 1.807) is 22.9 Å². The van der Waals surface area contributed by atoms with Crippen molar-refractivity contribution >= 4 is 11.0 Å². The molecule has 2 heterocycles. The molecular formula is C19H20N2O3. The molecule has 0 atom stereocenters. The number of benzene rings is 1. The highest BCUT2D eigenvalue weighted by Crippen LogP contribution is 2.27. The van der Waals surface area contributed by atoms with Gasteiger partial charge in [0.1, 0.15) is 5.75 Å². The number of rotatable bonds is 6. The van der Waals surface area contributed by atoms with Crippen LogP contribution < -0.4 is 5.56 Å². The van der Waals surface area contributed by atoms with Gasteiger partial charge in [-0.15, -0.1) is 0 Å². The zero-order valence-electron chi connectivity index (χ0n) is 13.4. The molecule has 0 radical (unpaired) electrons. The summed E-state index contributed by atoms with van der Waals surface area (Å²) in [6.45, 7) is 0.141. The van der Waals surface area contributed by atoms with Crippen molar-refractivity contribution in [1.82, 2.24) is 9.55 Å². The van der Waals surface area contributed by atoms with Gasteiger partial charge in [0, 0.05) is 12.8 Å². The van der Waals surface area contributed by atoms with Crippen LogP contribution in [0.2, 0.25) is 0 Å². The molecule has 0 bridgehead atoms. The summed E-state index contributed by atoms with van der Waals surface area (Å²) in [7, 11) is 0. The second kappa shape index (κ2) is 7.27. The van der Waals surface area contributed by atoms with Crippen LogP contribution in [0, 0.1) is 0 Å². The molecule has 5 heteroatoms. The predicted molar refractivity (Wildman–Crippen MR) is 93.6 cm³/mol. The number of nitrogens with zero attached hydrogens (tertiary/aromatic N) is 2. The number of aliphatic hydroxyl groups excluding tert-OH is 1. The molecule has 0 amide bonds. The van der Waals surface area contributed by atoms with Crippen molar-refractivity contribution in [1.29, 1.82) is 0 Å². The Hall–Kier alpha value is -2.66. The van der Waals surface area contributed by atoms with E-state index in [0.29, 0.717) is 29.4 Å². The van der Waals surface area contributed by atoms with Crippen LogP contribution in [0.1, 0.15) is 24.8 Å². The highest BCUT2D eigenvalue weighted by atomic mass is 16.3. The molecule has 0 saturated heterocycles. The maximum Gasteiger partial charge on any atom is 0.263 e. The minimum atomic E-state index is -0.242. The third-order valence-corrected chi connectivity index (χ3v) is 4.10. The number of aliphatic hydroxyl groups is 1. The van der Waals surface area contributed by atoms with Crippen molar-refractivity contribution in [3.05, 3.63) is 64.6 Å². The van der Waals surface area contributed by atoms with Crippen LogP contribution in [-0.4, -0.2) is 26.4 Å². The molecule has 0 spiro atoms. The Morgan fingerprint density at radius 2 is 1.79 bits per heavy atom. The van der Waals surface area contributed by atoms with E-state index in [4.69, 9.17) is 5.11 Å². The first-order valence-electron chi connectivity index (χ1n) is 8.12. The molecule has 0 aliphatic heterocycles. The zero-order valence-corrected chi connectivity index (χ0v) is 13.4. The van der Waals surface area contributed by atoms with Crippen molar-refractivity contribution in [3.8, 4) is 11.4 Å². The molecule has 3 rings (SSSR count). The third-order valence-electron chi connectivity index (χ3n) is 4.10. The minimum absolute atomic E-state index is 0.0132. The summed E-state index contributed by atoms with van der Waals surface area (Å²) in [6.07, 6.45) is 4.34. The van der Waals surface area contributed by atoms with Crippen LogP contribution >= 0.6 is 0 Å². The van der Waals surface area contributed by atoms with Gasteiger partial charge < -0.3 is 10.2 Å². The average molecular weight is 324 g/mol. The van der Waals surface area contributed by atoms with Crippen molar-refractivity contribution in [2.24, 2.45) is 0 Å². The lowest BCUT2D eigenvalue weighted by atomic mass is 10.1. The number of hydrogen-bond donors (Lipinski definition) is 2. The molecule has 0 saturated carbocycles. The summed E-state index contributed by atoms with van der Waals surface area (Å²) in [4.78, 5) is 17.3. The lowest BCUT2D eigenvalue weighted by molar-refractivity contribution is 0.283. The van der Waals surface area contributed by atoms with E-state index in [1.165, 1.54) is 0 Å². The Morgan fingerprint density at radius 3 is 2.54 bits per heavy atom. The van der Waals surface area contributed by atoms with E-state index in [0.717, 1.165) is 18.5 Å². The molecule has 0 aliphatic rings. The van der Waals surface area contributed by atoms with Gasteiger partial charge >= 0.3 is 0 Å². The molecule has 0 fully saturated rings. The first kappa shape index (κ1) is 16.2. The number of fused-ring (bicyclic) bond motifs is 1. The van der Waals surface area contributed by atoms with Crippen molar-refractivity contribution in [2.75, 3.05) is 6.61 Å². The Labute approximate surface area is 139 Å². The van der Waals surface area contributed by atoms with Crippen LogP contribution in [0.15, 0.2) is 53.5 Å². The van der Waals surface area contributed by atoms with Crippen molar-refractivity contribution in [3.63, 3.8) is 0 Å². The van der Waals surface area contributed by atoms with Gasteiger partial charge in [-0.2, -0.15) is 0 Å². The van der Waals surface area contributed by atoms with Gasteiger partial charge in [0.2, 0.25) is 0 Å². The summed E-state index contributed by atoms with van der Waals surface area (Å²) in [5.74, 6) is 0.0132. The molecule has 5 nitrogen and oxygen atoms in total. The van der Waals surface area contributed by atoms with Crippen LogP contribution in [0.3, 0.4) is 0 Å². The summed E-state index contributed by atoms with van der Waals surface area (Å²) in [5, 5.41) is 20.0. The maximum atomic E-state index is 13.0. The lowest BCUT2D eigenvalue weighted by Gasteiger charge is -2.14. The Balaban J connectivity index is 2.17. The second-order valence-corrected chi connectivity index (χ2v) is 5.71.